The first-order valence-corrected chi connectivity index (χ1v) is 14.3. The van der Waals surface area contributed by atoms with Crippen molar-refractivity contribution in [2.24, 2.45) is 5.73 Å². The van der Waals surface area contributed by atoms with Crippen LogP contribution in [0.5, 0.6) is 5.75 Å². The van der Waals surface area contributed by atoms with Crippen molar-refractivity contribution in [1.82, 2.24) is 4.90 Å². The third-order valence-corrected chi connectivity index (χ3v) is 7.53. The number of rotatable bonds is 16. The molecule has 3 rings (SSSR count). The molecule has 0 saturated heterocycles. The summed E-state index contributed by atoms with van der Waals surface area (Å²) in [5, 5.41) is 22.1. The Balaban J connectivity index is 1.88. The summed E-state index contributed by atoms with van der Waals surface area (Å²) < 4.78 is 0. The van der Waals surface area contributed by atoms with Gasteiger partial charge in [-0.1, -0.05) is 99.5 Å². The van der Waals surface area contributed by atoms with Gasteiger partial charge in [0.15, 0.2) is 5.54 Å². The number of carboxylic acids is 1. The number of benzene rings is 3. The van der Waals surface area contributed by atoms with Gasteiger partial charge >= 0.3 is 5.97 Å². The second-order valence-electron chi connectivity index (χ2n) is 10.5. The predicted octanol–water partition coefficient (Wildman–Crippen LogP) is 6.30. The maximum absolute atomic E-state index is 13.7. The average molecular weight is 547 g/mol. The number of unbranched alkanes of at least 4 members (excludes halogenated alkanes) is 8. The molecule has 0 unspecified atom stereocenters. The highest BCUT2D eigenvalue weighted by Gasteiger charge is 2.51. The summed E-state index contributed by atoms with van der Waals surface area (Å²) in [5.74, 6) is -2.35. The number of hydrogen-bond donors (Lipinski definition) is 3. The fourth-order valence-corrected chi connectivity index (χ4v) is 5.50. The average Bonchev–Trinajstić information content (AvgIpc) is 2.94. The number of phenols is 1. The summed E-state index contributed by atoms with van der Waals surface area (Å²) in [6, 6.07) is 18.9. The second kappa shape index (κ2) is 15.2. The largest absolute Gasteiger partial charge is 0.508 e. The number of aliphatic carboxylic acids is 1. The number of carboxylic acid groups (broad SMARTS) is 1. The van der Waals surface area contributed by atoms with Crippen molar-refractivity contribution < 1.29 is 24.6 Å². The van der Waals surface area contributed by atoms with E-state index in [0.29, 0.717) is 22.9 Å². The smallest absolute Gasteiger partial charge is 0.335 e. The van der Waals surface area contributed by atoms with Gasteiger partial charge in [-0.2, -0.15) is 0 Å². The van der Waals surface area contributed by atoms with Crippen LogP contribution in [0.2, 0.25) is 0 Å². The van der Waals surface area contributed by atoms with Gasteiger partial charge in [0.25, 0.3) is 0 Å². The van der Waals surface area contributed by atoms with Crippen LogP contribution >= 0.6 is 0 Å². The third-order valence-electron chi connectivity index (χ3n) is 7.53. The summed E-state index contributed by atoms with van der Waals surface area (Å²) in [6.07, 6.45) is 9.21. The molecule has 214 valence electrons. The molecule has 7 nitrogen and oxygen atoms in total. The molecule has 1 atom stereocenters. The lowest BCUT2D eigenvalue weighted by Gasteiger charge is -2.40. The van der Waals surface area contributed by atoms with Crippen molar-refractivity contribution in [3.63, 3.8) is 0 Å². The zero-order chi connectivity index (χ0) is 29.0. The number of hydrogen-bond acceptors (Lipinski definition) is 5. The van der Waals surface area contributed by atoms with Gasteiger partial charge in [0, 0.05) is 19.8 Å². The van der Waals surface area contributed by atoms with E-state index in [-0.39, 0.29) is 18.6 Å². The Morgan fingerprint density at radius 1 is 0.775 bits per heavy atom. The van der Waals surface area contributed by atoms with Gasteiger partial charge in [-0.05, 0) is 53.4 Å². The fraction of sp³-hybridized carbons (Fsp3) is 0.424. The zero-order valence-electron chi connectivity index (χ0n) is 23.5. The summed E-state index contributed by atoms with van der Waals surface area (Å²) >= 11 is 0. The Kier molecular flexibility index (Phi) is 11.7. The lowest BCUT2D eigenvalue weighted by Crippen LogP contribution is -2.58. The normalized spacial score (nSPS) is 12.7. The van der Waals surface area contributed by atoms with Crippen LogP contribution in [-0.4, -0.2) is 39.4 Å². The van der Waals surface area contributed by atoms with Gasteiger partial charge < -0.3 is 15.9 Å². The minimum atomic E-state index is -1.97. The maximum atomic E-state index is 13.7. The quantitative estimate of drug-likeness (QED) is 0.181. The van der Waals surface area contributed by atoms with Crippen LogP contribution in [0.4, 0.5) is 0 Å². The van der Waals surface area contributed by atoms with Crippen molar-refractivity contribution in [3.05, 3.63) is 77.9 Å². The van der Waals surface area contributed by atoms with Crippen LogP contribution in [0.15, 0.2) is 66.7 Å². The molecule has 0 aromatic heterocycles. The summed E-state index contributed by atoms with van der Waals surface area (Å²) in [6.45, 7) is 1.99. The van der Waals surface area contributed by atoms with Crippen molar-refractivity contribution in [3.8, 4) is 5.75 Å². The molecule has 0 aliphatic heterocycles. The van der Waals surface area contributed by atoms with E-state index in [1.807, 2.05) is 30.3 Å². The standard InChI is InChI=1S/C33H42N2O5/c1-25(36)35(31(38)18-9-7-5-3-2-4-6-8-12-23-34)33(32(39)40,24-26-19-21-28(37)22-20-26)30-17-13-15-27-14-10-11-16-29(27)30/h10-11,13-17,19-22,37H,2-9,12,18,23-24,34H2,1H3,(H,39,40)/t33-/m1/s1. The molecule has 0 bridgehead atoms. The molecular weight excluding hydrogens is 504 g/mol. The monoisotopic (exact) mass is 546 g/mol. The lowest BCUT2D eigenvalue weighted by molar-refractivity contribution is -0.167. The van der Waals surface area contributed by atoms with E-state index in [9.17, 15) is 24.6 Å². The predicted molar refractivity (Wildman–Crippen MR) is 158 cm³/mol. The van der Waals surface area contributed by atoms with Crippen molar-refractivity contribution >= 4 is 28.6 Å². The van der Waals surface area contributed by atoms with Crippen LogP contribution in [-0.2, 0) is 26.3 Å². The molecule has 40 heavy (non-hydrogen) atoms. The number of fused-ring (bicyclic) bond motifs is 1. The van der Waals surface area contributed by atoms with Crippen LogP contribution in [0, 0.1) is 0 Å². The van der Waals surface area contributed by atoms with E-state index >= 15 is 0 Å². The molecule has 0 aliphatic rings. The molecule has 0 radical (unpaired) electrons. The number of nitrogens with zero attached hydrogens (tertiary/aromatic N) is 1. The number of aromatic hydroxyl groups is 1. The van der Waals surface area contributed by atoms with E-state index in [1.54, 1.807) is 24.3 Å². The van der Waals surface area contributed by atoms with Gasteiger partial charge in [0.05, 0.1) is 0 Å². The number of amides is 2. The molecule has 0 fully saturated rings. The molecule has 0 heterocycles. The van der Waals surface area contributed by atoms with Crippen LogP contribution < -0.4 is 5.73 Å². The molecule has 2 amide bonds. The molecule has 3 aromatic carbocycles. The highest BCUT2D eigenvalue weighted by atomic mass is 16.4. The van der Waals surface area contributed by atoms with E-state index in [4.69, 9.17) is 5.73 Å². The highest BCUT2D eigenvalue weighted by molar-refractivity contribution is 6.03. The lowest BCUT2D eigenvalue weighted by atomic mass is 9.79. The molecule has 0 saturated carbocycles. The van der Waals surface area contributed by atoms with Gasteiger partial charge in [-0.15, -0.1) is 0 Å². The van der Waals surface area contributed by atoms with Crippen molar-refractivity contribution in [2.45, 2.75) is 83.1 Å². The topological polar surface area (TPSA) is 121 Å². The van der Waals surface area contributed by atoms with E-state index < -0.39 is 23.3 Å². The number of carbonyl (C=O) groups excluding carboxylic acids is 2. The molecular formula is C33H42N2O5. The van der Waals surface area contributed by atoms with Crippen LogP contribution in [0.1, 0.15) is 82.3 Å². The third kappa shape index (κ3) is 7.69. The van der Waals surface area contributed by atoms with Gasteiger partial charge in [-0.25, -0.2) is 4.79 Å². The molecule has 0 spiro atoms. The number of phenolic OH excluding ortho intramolecular Hbond substituents is 1. The minimum absolute atomic E-state index is 0.0462. The van der Waals surface area contributed by atoms with Gasteiger partial charge in [-0.3, -0.25) is 14.5 Å². The Labute approximate surface area is 237 Å². The van der Waals surface area contributed by atoms with E-state index in [0.717, 1.165) is 55.4 Å². The minimum Gasteiger partial charge on any atom is -0.508 e. The SMILES string of the molecule is CC(=O)N(C(=O)CCCCCCCCCCCN)[C@@](Cc1ccc(O)cc1)(C(=O)O)c1cccc2ccccc12. The summed E-state index contributed by atoms with van der Waals surface area (Å²) in [4.78, 5) is 41.2. The highest BCUT2D eigenvalue weighted by Crippen LogP contribution is 2.39. The van der Waals surface area contributed by atoms with Gasteiger partial charge in [0.2, 0.25) is 11.8 Å². The molecule has 7 heteroatoms. The number of carbonyl (C=O) groups is 3. The Morgan fingerprint density at radius 3 is 1.95 bits per heavy atom. The van der Waals surface area contributed by atoms with Crippen molar-refractivity contribution in [1.29, 1.82) is 0 Å². The van der Waals surface area contributed by atoms with Gasteiger partial charge in [0.1, 0.15) is 5.75 Å². The molecule has 0 aliphatic carbocycles. The molecule has 3 aromatic rings. The van der Waals surface area contributed by atoms with E-state index in [1.165, 1.54) is 31.9 Å². The zero-order valence-corrected chi connectivity index (χ0v) is 23.5. The fourth-order valence-electron chi connectivity index (χ4n) is 5.50. The first kappa shape index (κ1) is 30.8. The Hall–Kier alpha value is -3.71. The second-order valence-corrected chi connectivity index (χ2v) is 10.5. The summed E-state index contributed by atoms with van der Waals surface area (Å²) in [5.41, 5.74) is 4.53. The number of imide groups is 1. The summed E-state index contributed by atoms with van der Waals surface area (Å²) in [7, 11) is 0. The Morgan fingerprint density at radius 2 is 1.35 bits per heavy atom. The number of nitrogens with two attached hydrogens (primary N) is 1. The first-order chi connectivity index (χ1) is 19.3. The Bertz CT molecular complexity index is 1270. The van der Waals surface area contributed by atoms with Crippen LogP contribution in [0.25, 0.3) is 10.8 Å². The van der Waals surface area contributed by atoms with Crippen LogP contribution in [0.3, 0.4) is 0 Å². The molecule has 4 N–H and O–H groups in total. The van der Waals surface area contributed by atoms with E-state index in [2.05, 4.69) is 0 Å². The van der Waals surface area contributed by atoms with Crippen molar-refractivity contribution in [2.75, 3.05) is 6.54 Å². The first-order valence-electron chi connectivity index (χ1n) is 14.3. The maximum Gasteiger partial charge on any atom is 0.335 e.